The number of aryl methyl sites for hydroxylation is 1. The van der Waals surface area contributed by atoms with E-state index in [9.17, 15) is 14.0 Å². The highest BCUT2D eigenvalue weighted by atomic mass is 19.1. The Morgan fingerprint density at radius 3 is 2.68 bits per heavy atom. The topological polar surface area (TPSA) is 39.1 Å². The Labute approximate surface area is 110 Å². The summed E-state index contributed by atoms with van der Waals surface area (Å²) in [4.78, 5) is 23.6. The number of pyridine rings is 1. The Hall–Kier alpha value is -2.23. The molecule has 0 atom stereocenters. The van der Waals surface area contributed by atoms with Crippen molar-refractivity contribution in [3.63, 3.8) is 0 Å². The second-order valence-corrected chi connectivity index (χ2v) is 4.43. The average molecular weight is 259 g/mol. The van der Waals surface area contributed by atoms with Gasteiger partial charge in [0.15, 0.2) is 5.78 Å². The van der Waals surface area contributed by atoms with E-state index in [0.29, 0.717) is 11.1 Å². The fraction of sp³-hybridized carbons (Fsp3) is 0.200. The molecular formula is C15H14FNO2. The maximum Gasteiger partial charge on any atom is 0.253 e. The van der Waals surface area contributed by atoms with Crippen LogP contribution in [0.5, 0.6) is 0 Å². The summed E-state index contributed by atoms with van der Waals surface area (Å²) >= 11 is 0. The Bertz CT molecular complexity index is 661. The van der Waals surface area contributed by atoms with Crippen LogP contribution in [0.4, 0.5) is 4.39 Å². The smallest absolute Gasteiger partial charge is 0.253 e. The molecule has 0 N–H and O–H groups in total. The summed E-state index contributed by atoms with van der Waals surface area (Å²) in [6.07, 6.45) is 1.56. The minimum atomic E-state index is -0.396. The lowest BCUT2D eigenvalue weighted by Gasteiger charge is -2.06. The summed E-state index contributed by atoms with van der Waals surface area (Å²) in [7, 11) is 0. The molecule has 0 radical (unpaired) electrons. The molecule has 3 nitrogen and oxygen atoms in total. The molecule has 0 aliphatic rings. The summed E-state index contributed by atoms with van der Waals surface area (Å²) < 4.78 is 14.8. The molecule has 1 heterocycles. The number of hydrogen-bond acceptors (Lipinski definition) is 2. The highest BCUT2D eigenvalue weighted by molar-refractivity contribution is 5.80. The van der Waals surface area contributed by atoms with Gasteiger partial charge in [-0.05, 0) is 24.6 Å². The van der Waals surface area contributed by atoms with Crippen LogP contribution in [-0.4, -0.2) is 10.4 Å². The molecule has 0 fully saturated rings. The van der Waals surface area contributed by atoms with Crippen molar-refractivity contribution in [1.82, 2.24) is 4.57 Å². The molecule has 1 aromatic carbocycles. The molecule has 2 rings (SSSR count). The van der Waals surface area contributed by atoms with Crippen LogP contribution in [0.2, 0.25) is 0 Å². The number of carbonyl (C=O) groups excluding carboxylic acids is 1. The monoisotopic (exact) mass is 259 g/mol. The van der Waals surface area contributed by atoms with Crippen molar-refractivity contribution in [2.75, 3.05) is 0 Å². The fourth-order valence-electron chi connectivity index (χ4n) is 1.88. The Balaban J connectivity index is 2.12. The van der Waals surface area contributed by atoms with Crippen LogP contribution in [0.1, 0.15) is 11.1 Å². The number of rotatable bonds is 4. The molecule has 0 aliphatic heterocycles. The van der Waals surface area contributed by atoms with Crippen LogP contribution < -0.4 is 5.56 Å². The predicted octanol–water partition coefficient (Wildman–Crippen LogP) is 2.11. The lowest BCUT2D eigenvalue weighted by atomic mass is 10.1. The van der Waals surface area contributed by atoms with Gasteiger partial charge in [0, 0.05) is 18.2 Å². The lowest BCUT2D eigenvalue weighted by Crippen LogP contribution is -2.25. The number of ketones is 1. The van der Waals surface area contributed by atoms with Crippen LogP contribution in [0, 0.1) is 12.7 Å². The van der Waals surface area contributed by atoms with Gasteiger partial charge >= 0.3 is 0 Å². The van der Waals surface area contributed by atoms with E-state index in [1.165, 1.54) is 10.6 Å². The number of Topliss-reactive ketones (excluding diaryl/α,β-unsaturated/α-hetero) is 1. The number of benzene rings is 1. The van der Waals surface area contributed by atoms with Crippen molar-refractivity contribution < 1.29 is 9.18 Å². The van der Waals surface area contributed by atoms with Crippen LogP contribution in [-0.2, 0) is 17.8 Å². The molecule has 2 aromatic rings. The van der Waals surface area contributed by atoms with Crippen molar-refractivity contribution in [3.8, 4) is 0 Å². The zero-order chi connectivity index (χ0) is 13.8. The highest BCUT2D eigenvalue weighted by Crippen LogP contribution is 2.07. The summed E-state index contributed by atoms with van der Waals surface area (Å²) in [6, 6.07) is 9.57. The number of aromatic nitrogens is 1. The molecule has 0 saturated carbocycles. The van der Waals surface area contributed by atoms with E-state index >= 15 is 0 Å². The first-order valence-corrected chi connectivity index (χ1v) is 5.99. The third kappa shape index (κ3) is 3.16. The maximum atomic E-state index is 13.4. The van der Waals surface area contributed by atoms with Crippen LogP contribution in [0.15, 0.2) is 47.4 Å². The molecule has 4 heteroatoms. The van der Waals surface area contributed by atoms with Crippen molar-refractivity contribution >= 4 is 5.78 Å². The van der Waals surface area contributed by atoms with Crippen LogP contribution in [0.25, 0.3) is 0 Å². The molecule has 98 valence electrons. The summed E-state index contributed by atoms with van der Waals surface area (Å²) in [5, 5.41) is 0. The normalized spacial score (nSPS) is 10.4. The van der Waals surface area contributed by atoms with Crippen LogP contribution >= 0.6 is 0 Å². The van der Waals surface area contributed by atoms with Gasteiger partial charge < -0.3 is 4.57 Å². The average Bonchev–Trinajstić information content (AvgIpc) is 2.38. The van der Waals surface area contributed by atoms with Gasteiger partial charge in [0.05, 0.1) is 6.54 Å². The number of hydrogen-bond donors (Lipinski definition) is 0. The molecule has 0 saturated heterocycles. The standard InChI is InChI=1S/C15H14FNO2/c1-11-5-4-8-17(15(11)19)10-13(18)9-12-6-2-3-7-14(12)16/h2-8H,9-10H2,1H3. The van der Waals surface area contributed by atoms with E-state index in [4.69, 9.17) is 0 Å². The van der Waals surface area contributed by atoms with Crippen molar-refractivity contribution in [3.05, 3.63) is 69.9 Å². The van der Waals surface area contributed by atoms with E-state index in [-0.39, 0.29) is 24.3 Å². The molecular weight excluding hydrogens is 245 g/mol. The Kier molecular flexibility index (Phi) is 3.90. The van der Waals surface area contributed by atoms with E-state index in [2.05, 4.69) is 0 Å². The molecule has 0 aliphatic carbocycles. The zero-order valence-electron chi connectivity index (χ0n) is 10.6. The Morgan fingerprint density at radius 2 is 1.95 bits per heavy atom. The highest BCUT2D eigenvalue weighted by Gasteiger charge is 2.09. The molecule has 0 bridgehead atoms. The molecule has 0 amide bonds. The van der Waals surface area contributed by atoms with Gasteiger partial charge in [-0.3, -0.25) is 9.59 Å². The van der Waals surface area contributed by atoms with E-state index < -0.39 is 5.82 Å². The van der Waals surface area contributed by atoms with Crippen molar-refractivity contribution in [2.24, 2.45) is 0 Å². The zero-order valence-corrected chi connectivity index (χ0v) is 10.6. The first-order chi connectivity index (χ1) is 9.08. The maximum absolute atomic E-state index is 13.4. The van der Waals surface area contributed by atoms with E-state index in [1.807, 2.05) is 0 Å². The first-order valence-electron chi connectivity index (χ1n) is 5.99. The lowest BCUT2D eigenvalue weighted by molar-refractivity contribution is -0.119. The SMILES string of the molecule is Cc1cccn(CC(=O)Cc2ccccc2F)c1=O. The number of carbonyl (C=O) groups is 1. The molecule has 19 heavy (non-hydrogen) atoms. The minimum Gasteiger partial charge on any atom is -0.308 e. The summed E-state index contributed by atoms with van der Waals surface area (Å²) in [5.41, 5.74) is 0.749. The molecule has 0 spiro atoms. The second kappa shape index (κ2) is 5.61. The van der Waals surface area contributed by atoms with Crippen molar-refractivity contribution in [2.45, 2.75) is 19.9 Å². The van der Waals surface area contributed by atoms with Gasteiger partial charge in [-0.15, -0.1) is 0 Å². The number of halogens is 1. The van der Waals surface area contributed by atoms with Gasteiger partial charge in [0.25, 0.3) is 5.56 Å². The summed E-state index contributed by atoms with van der Waals surface area (Å²) in [6.45, 7) is 1.66. The number of nitrogens with zero attached hydrogens (tertiary/aromatic N) is 1. The summed E-state index contributed by atoms with van der Waals surface area (Å²) in [5.74, 6) is -0.592. The minimum absolute atomic E-state index is 0.00689. The van der Waals surface area contributed by atoms with Gasteiger partial charge in [0.2, 0.25) is 0 Å². The molecule has 0 unspecified atom stereocenters. The third-order valence-electron chi connectivity index (χ3n) is 2.90. The quantitative estimate of drug-likeness (QED) is 0.843. The second-order valence-electron chi connectivity index (χ2n) is 4.43. The van der Waals surface area contributed by atoms with Crippen LogP contribution in [0.3, 0.4) is 0 Å². The largest absolute Gasteiger partial charge is 0.308 e. The fourth-order valence-corrected chi connectivity index (χ4v) is 1.88. The van der Waals surface area contributed by atoms with Gasteiger partial charge in [-0.1, -0.05) is 24.3 Å². The van der Waals surface area contributed by atoms with E-state index in [1.54, 1.807) is 43.5 Å². The first kappa shape index (κ1) is 13.2. The third-order valence-corrected chi connectivity index (χ3v) is 2.90. The molecule has 1 aromatic heterocycles. The predicted molar refractivity (Wildman–Crippen MR) is 70.6 cm³/mol. The van der Waals surface area contributed by atoms with Crippen molar-refractivity contribution in [1.29, 1.82) is 0 Å². The van der Waals surface area contributed by atoms with Gasteiger partial charge in [-0.2, -0.15) is 0 Å². The van der Waals surface area contributed by atoms with Gasteiger partial charge in [-0.25, -0.2) is 4.39 Å². The Morgan fingerprint density at radius 1 is 1.21 bits per heavy atom. The van der Waals surface area contributed by atoms with E-state index in [0.717, 1.165) is 0 Å². The van der Waals surface area contributed by atoms with Gasteiger partial charge in [0.1, 0.15) is 5.82 Å².